The van der Waals surface area contributed by atoms with Crippen LogP contribution in [0.5, 0.6) is 0 Å². The van der Waals surface area contributed by atoms with E-state index in [1.807, 2.05) is 24.7 Å². The lowest BCUT2D eigenvalue weighted by molar-refractivity contribution is -0.135. The van der Waals surface area contributed by atoms with E-state index in [1.54, 1.807) is 6.20 Å². The number of nitrogens with zero attached hydrogens (tertiary/aromatic N) is 3. The summed E-state index contributed by atoms with van der Waals surface area (Å²) in [5.74, 6) is 0.209. The summed E-state index contributed by atoms with van der Waals surface area (Å²) < 4.78 is 1.86. The highest BCUT2D eigenvalue weighted by Gasteiger charge is 2.28. The minimum absolute atomic E-state index is 0.198. The third kappa shape index (κ3) is 3.32. The topological polar surface area (TPSA) is 50.2 Å². The van der Waals surface area contributed by atoms with Crippen LogP contribution >= 0.6 is 0 Å². The predicted octanol–water partition coefficient (Wildman–Crippen LogP) is 2.49. The van der Waals surface area contributed by atoms with Gasteiger partial charge in [-0.1, -0.05) is 6.92 Å². The van der Waals surface area contributed by atoms with Gasteiger partial charge in [-0.15, -0.1) is 0 Å². The molecule has 1 fully saturated rings. The van der Waals surface area contributed by atoms with Crippen LogP contribution < -0.4 is 5.32 Å². The molecule has 112 valence electrons. The van der Waals surface area contributed by atoms with Crippen molar-refractivity contribution in [2.24, 2.45) is 0 Å². The molecule has 2 rings (SSSR count). The van der Waals surface area contributed by atoms with Crippen LogP contribution in [-0.4, -0.2) is 39.2 Å². The maximum Gasteiger partial charge on any atom is 0.245 e. The molecule has 2 heterocycles. The lowest BCUT2D eigenvalue weighted by Gasteiger charge is -2.37. The molecule has 0 bridgehead atoms. The smallest absolute Gasteiger partial charge is 0.245 e. The molecule has 20 heavy (non-hydrogen) atoms. The number of nitrogens with one attached hydrogen (secondary N) is 1. The van der Waals surface area contributed by atoms with E-state index >= 15 is 0 Å². The summed E-state index contributed by atoms with van der Waals surface area (Å²) in [5, 5.41) is 7.48. The zero-order valence-electron chi connectivity index (χ0n) is 12.8. The third-order valence-electron chi connectivity index (χ3n) is 4.09. The number of likely N-dealkylation sites (tertiary alicyclic amines) is 1. The number of hydrogen-bond donors (Lipinski definition) is 1. The summed E-state index contributed by atoms with van der Waals surface area (Å²) in [6.45, 7) is 7.89. The van der Waals surface area contributed by atoms with Gasteiger partial charge in [-0.3, -0.25) is 9.48 Å². The molecule has 1 aromatic heterocycles. The summed E-state index contributed by atoms with van der Waals surface area (Å²) >= 11 is 0. The number of aryl methyl sites for hydroxylation is 1. The number of amides is 1. The standard InChI is InChI=1S/C15H26N4O/c1-4-14-8-6-7-9-19(14)15(20)12(3)17-13-10-16-18(5-2)11-13/h10-12,14,17H,4-9H2,1-3H3/t12-,14-/m1/s1. The van der Waals surface area contributed by atoms with Crippen molar-refractivity contribution in [3.05, 3.63) is 12.4 Å². The third-order valence-corrected chi connectivity index (χ3v) is 4.09. The molecule has 0 unspecified atom stereocenters. The monoisotopic (exact) mass is 278 g/mol. The Morgan fingerprint density at radius 3 is 2.95 bits per heavy atom. The quantitative estimate of drug-likeness (QED) is 0.900. The van der Waals surface area contributed by atoms with Crippen molar-refractivity contribution < 1.29 is 4.79 Å². The first-order valence-electron chi connectivity index (χ1n) is 7.75. The minimum Gasteiger partial charge on any atom is -0.371 e. The summed E-state index contributed by atoms with van der Waals surface area (Å²) in [4.78, 5) is 14.6. The summed E-state index contributed by atoms with van der Waals surface area (Å²) in [6.07, 6.45) is 8.28. The number of rotatable bonds is 5. The van der Waals surface area contributed by atoms with Crippen LogP contribution in [0.1, 0.15) is 46.5 Å². The Morgan fingerprint density at radius 2 is 2.30 bits per heavy atom. The van der Waals surface area contributed by atoms with Crippen LogP contribution in [-0.2, 0) is 11.3 Å². The normalized spacial score (nSPS) is 20.8. The number of aromatic nitrogens is 2. The van der Waals surface area contributed by atoms with Gasteiger partial charge in [-0.2, -0.15) is 5.10 Å². The van der Waals surface area contributed by atoms with Gasteiger partial charge in [0.1, 0.15) is 6.04 Å². The molecule has 1 saturated heterocycles. The molecule has 0 spiro atoms. The SMILES string of the molecule is CC[C@@H]1CCCCN1C(=O)[C@@H](C)Nc1cnn(CC)c1. The summed E-state index contributed by atoms with van der Waals surface area (Å²) in [6, 6.07) is 0.218. The van der Waals surface area contributed by atoms with Crippen molar-refractivity contribution >= 4 is 11.6 Å². The van der Waals surface area contributed by atoms with E-state index in [4.69, 9.17) is 0 Å². The van der Waals surface area contributed by atoms with Crippen molar-refractivity contribution in [3.8, 4) is 0 Å². The van der Waals surface area contributed by atoms with Gasteiger partial charge in [0.15, 0.2) is 0 Å². The van der Waals surface area contributed by atoms with Gasteiger partial charge in [0, 0.05) is 25.3 Å². The van der Waals surface area contributed by atoms with E-state index in [-0.39, 0.29) is 11.9 Å². The van der Waals surface area contributed by atoms with Crippen LogP contribution in [0, 0.1) is 0 Å². The Hall–Kier alpha value is -1.52. The molecule has 5 heteroatoms. The first-order valence-corrected chi connectivity index (χ1v) is 7.75. The van der Waals surface area contributed by atoms with Gasteiger partial charge in [0.05, 0.1) is 11.9 Å². The lowest BCUT2D eigenvalue weighted by Crippen LogP contribution is -2.49. The fourth-order valence-corrected chi connectivity index (χ4v) is 2.89. The molecule has 2 atom stereocenters. The molecule has 1 amide bonds. The number of carbonyl (C=O) groups is 1. The molecule has 1 aliphatic heterocycles. The Labute approximate surface area is 121 Å². The molecule has 1 aliphatic rings. The average Bonchev–Trinajstić information content (AvgIpc) is 2.94. The number of anilines is 1. The maximum absolute atomic E-state index is 12.6. The summed E-state index contributed by atoms with van der Waals surface area (Å²) in [5.41, 5.74) is 0.915. The molecule has 0 aromatic carbocycles. The Balaban J connectivity index is 1.96. The van der Waals surface area contributed by atoms with E-state index in [0.29, 0.717) is 6.04 Å². The molecular weight excluding hydrogens is 252 g/mol. The van der Waals surface area contributed by atoms with Crippen LogP contribution in [0.15, 0.2) is 12.4 Å². The second-order valence-corrected chi connectivity index (χ2v) is 5.54. The van der Waals surface area contributed by atoms with E-state index in [9.17, 15) is 4.79 Å². The number of piperidine rings is 1. The zero-order valence-corrected chi connectivity index (χ0v) is 12.8. The van der Waals surface area contributed by atoms with E-state index in [1.165, 1.54) is 6.42 Å². The van der Waals surface area contributed by atoms with Gasteiger partial charge in [-0.05, 0) is 39.5 Å². The Morgan fingerprint density at radius 1 is 1.50 bits per heavy atom. The van der Waals surface area contributed by atoms with Gasteiger partial charge in [0.2, 0.25) is 5.91 Å². The van der Waals surface area contributed by atoms with Crippen LogP contribution in [0.3, 0.4) is 0 Å². The van der Waals surface area contributed by atoms with Gasteiger partial charge in [-0.25, -0.2) is 0 Å². The molecule has 0 saturated carbocycles. The maximum atomic E-state index is 12.6. The van der Waals surface area contributed by atoms with Crippen LogP contribution in [0.25, 0.3) is 0 Å². The highest BCUT2D eigenvalue weighted by Crippen LogP contribution is 2.21. The highest BCUT2D eigenvalue weighted by molar-refractivity contribution is 5.84. The van der Waals surface area contributed by atoms with Crippen molar-refractivity contribution in [1.82, 2.24) is 14.7 Å². The molecule has 1 N–H and O–H groups in total. The first-order chi connectivity index (χ1) is 9.65. The largest absolute Gasteiger partial charge is 0.371 e. The summed E-state index contributed by atoms with van der Waals surface area (Å²) in [7, 11) is 0. The fraction of sp³-hybridized carbons (Fsp3) is 0.733. The van der Waals surface area contributed by atoms with Crippen molar-refractivity contribution in [2.45, 2.75) is 65.1 Å². The molecule has 1 aromatic rings. The van der Waals surface area contributed by atoms with Crippen molar-refractivity contribution in [3.63, 3.8) is 0 Å². The van der Waals surface area contributed by atoms with Gasteiger partial charge < -0.3 is 10.2 Å². The Kier molecular flexibility index (Phi) is 5.04. The molecule has 0 radical (unpaired) electrons. The molecular formula is C15H26N4O. The minimum atomic E-state index is -0.198. The molecule has 0 aliphatic carbocycles. The van der Waals surface area contributed by atoms with Gasteiger partial charge in [0.25, 0.3) is 0 Å². The fourth-order valence-electron chi connectivity index (χ4n) is 2.89. The first kappa shape index (κ1) is 14.9. The van der Waals surface area contributed by atoms with Crippen molar-refractivity contribution in [2.75, 3.05) is 11.9 Å². The second kappa shape index (κ2) is 6.77. The van der Waals surface area contributed by atoms with Gasteiger partial charge >= 0.3 is 0 Å². The Bertz CT molecular complexity index is 443. The predicted molar refractivity (Wildman–Crippen MR) is 80.6 cm³/mol. The van der Waals surface area contributed by atoms with Crippen LogP contribution in [0.2, 0.25) is 0 Å². The number of hydrogen-bond acceptors (Lipinski definition) is 3. The van der Waals surface area contributed by atoms with E-state index < -0.39 is 0 Å². The van der Waals surface area contributed by atoms with Crippen molar-refractivity contribution in [1.29, 1.82) is 0 Å². The lowest BCUT2D eigenvalue weighted by atomic mass is 9.99. The van der Waals surface area contributed by atoms with Crippen LogP contribution in [0.4, 0.5) is 5.69 Å². The van der Waals surface area contributed by atoms with E-state index in [0.717, 1.165) is 38.0 Å². The second-order valence-electron chi connectivity index (χ2n) is 5.54. The average molecular weight is 278 g/mol. The van der Waals surface area contributed by atoms with E-state index in [2.05, 4.69) is 22.2 Å². The zero-order chi connectivity index (χ0) is 14.5. The molecule has 5 nitrogen and oxygen atoms in total. The highest BCUT2D eigenvalue weighted by atomic mass is 16.2. The number of carbonyl (C=O) groups excluding carboxylic acids is 1.